The van der Waals surface area contributed by atoms with Gasteiger partial charge >= 0.3 is 0 Å². The van der Waals surface area contributed by atoms with E-state index in [-0.39, 0.29) is 0 Å². The van der Waals surface area contributed by atoms with Gasteiger partial charge in [0.1, 0.15) is 11.2 Å². The Hall–Kier alpha value is -9.76. The summed E-state index contributed by atoms with van der Waals surface area (Å²) in [5.74, 6) is 0. The maximum absolute atomic E-state index is 6.84. The molecule has 0 unspecified atom stereocenters. The van der Waals surface area contributed by atoms with Gasteiger partial charge in [-0.05, 0) is 143 Å². The number of benzene rings is 12. The Kier molecular flexibility index (Phi) is 9.20. The van der Waals surface area contributed by atoms with Gasteiger partial charge in [0.05, 0.1) is 27.6 Å². The van der Waals surface area contributed by atoms with Crippen LogP contribution in [-0.2, 0) is 10.8 Å². The first kappa shape index (κ1) is 42.7. The van der Waals surface area contributed by atoms with E-state index in [0.29, 0.717) is 0 Å². The molecule has 0 saturated heterocycles. The predicted octanol–water partition coefficient (Wildman–Crippen LogP) is 19.1. The molecule has 13 aromatic rings. The molecular formula is C74H47NO. The average Bonchev–Trinajstić information content (AvgIpc) is 4.41. The summed E-state index contributed by atoms with van der Waals surface area (Å²) in [6.45, 7) is 0. The second-order valence-electron chi connectivity index (χ2n) is 20.6. The van der Waals surface area contributed by atoms with Gasteiger partial charge in [-0.25, -0.2) is 0 Å². The molecule has 2 nitrogen and oxygen atoms in total. The number of anilines is 3. The van der Waals surface area contributed by atoms with E-state index in [9.17, 15) is 0 Å². The molecule has 0 aliphatic heterocycles. The molecular weight excluding hydrogens is 919 g/mol. The van der Waals surface area contributed by atoms with Crippen LogP contribution in [0.1, 0.15) is 44.5 Å². The molecule has 3 aliphatic rings. The molecule has 0 amide bonds. The molecule has 0 saturated carbocycles. The van der Waals surface area contributed by atoms with Crippen molar-refractivity contribution in [3.8, 4) is 55.6 Å². The van der Waals surface area contributed by atoms with Crippen molar-refractivity contribution < 1.29 is 4.42 Å². The van der Waals surface area contributed by atoms with Crippen molar-refractivity contribution in [2.75, 3.05) is 4.90 Å². The maximum atomic E-state index is 6.84. The largest absolute Gasteiger partial charge is 0.456 e. The van der Waals surface area contributed by atoms with Crippen molar-refractivity contribution in [1.82, 2.24) is 0 Å². The van der Waals surface area contributed by atoms with E-state index in [4.69, 9.17) is 4.42 Å². The van der Waals surface area contributed by atoms with Crippen LogP contribution in [0.15, 0.2) is 290 Å². The minimum absolute atomic E-state index is 0.506. The van der Waals surface area contributed by atoms with Crippen LogP contribution in [0.3, 0.4) is 0 Å². The fraction of sp³-hybridized carbons (Fsp3) is 0.0270. The highest BCUT2D eigenvalue weighted by Crippen LogP contribution is 2.65. The summed E-state index contributed by atoms with van der Waals surface area (Å²) < 4.78 is 6.84. The van der Waals surface area contributed by atoms with E-state index in [0.717, 1.165) is 44.6 Å². The molecule has 0 bridgehead atoms. The zero-order valence-corrected chi connectivity index (χ0v) is 41.5. The maximum Gasteiger partial charge on any atom is 0.137 e. The van der Waals surface area contributed by atoms with Gasteiger partial charge in [-0.3, -0.25) is 0 Å². The van der Waals surface area contributed by atoms with Crippen molar-refractivity contribution in [2.45, 2.75) is 10.8 Å². The first-order chi connectivity index (χ1) is 37.7. The highest BCUT2D eigenvalue weighted by molar-refractivity contribution is 6.15. The minimum Gasteiger partial charge on any atom is -0.456 e. The van der Waals surface area contributed by atoms with Crippen LogP contribution in [0.4, 0.5) is 17.1 Å². The monoisotopic (exact) mass is 965 g/mol. The van der Waals surface area contributed by atoms with Crippen molar-refractivity contribution in [1.29, 1.82) is 0 Å². The van der Waals surface area contributed by atoms with Gasteiger partial charge in [-0.1, -0.05) is 237 Å². The lowest BCUT2D eigenvalue weighted by atomic mass is 9.67. The second kappa shape index (κ2) is 16.4. The van der Waals surface area contributed by atoms with Crippen LogP contribution in [0, 0.1) is 0 Å². The number of rotatable bonds is 7. The van der Waals surface area contributed by atoms with Crippen LogP contribution < -0.4 is 4.90 Å². The molecule has 0 fully saturated rings. The number of nitrogens with zero attached hydrogens (tertiary/aromatic N) is 1. The summed E-state index contributed by atoms with van der Waals surface area (Å²) in [4.78, 5) is 2.52. The SMILES string of the molecule is c1ccc(-c2cccc(C3(c4ccc(N(c5cccc6c5-c5ccccc5C65c6ccccc6-c6ccccc65)c5cccc6oc7ccc(-c8ccccc8)cc7c56)cc4)c4ccccc4-c4ccccc43)c2)cc1. The fourth-order valence-corrected chi connectivity index (χ4v) is 14.0. The van der Waals surface area contributed by atoms with Gasteiger partial charge in [0, 0.05) is 16.6 Å². The van der Waals surface area contributed by atoms with E-state index in [1.165, 1.54) is 94.6 Å². The minimum atomic E-state index is -0.599. The van der Waals surface area contributed by atoms with Gasteiger partial charge in [0.2, 0.25) is 0 Å². The zero-order valence-electron chi connectivity index (χ0n) is 41.5. The number of fused-ring (bicyclic) bond motifs is 16. The third-order valence-corrected chi connectivity index (χ3v) is 17.0. The van der Waals surface area contributed by atoms with Crippen molar-refractivity contribution in [3.05, 3.63) is 330 Å². The van der Waals surface area contributed by atoms with Gasteiger partial charge in [-0.2, -0.15) is 0 Å². The Bertz CT molecular complexity index is 4380. The lowest BCUT2D eigenvalue weighted by Crippen LogP contribution is -2.28. The van der Waals surface area contributed by atoms with E-state index in [1.54, 1.807) is 0 Å². The number of hydrogen-bond donors (Lipinski definition) is 0. The summed E-state index contributed by atoms with van der Waals surface area (Å²) in [5.41, 5.74) is 26.4. The van der Waals surface area contributed by atoms with Gasteiger partial charge < -0.3 is 9.32 Å². The first-order valence-electron chi connectivity index (χ1n) is 26.4. The molecule has 354 valence electrons. The summed E-state index contributed by atoms with van der Waals surface area (Å²) >= 11 is 0. The van der Waals surface area contributed by atoms with Crippen LogP contribution in [-0.4, -0.2) is 0 Å². The molecule has 1 spiro atoms. The number of hydrogen-bond acceptors (Lipinski definition) is 2. The standard InChI is InChI=1S/C74H47NO/c1-3-20-48(21-4-1)50-24-17-25-53(46-50)73(61-31-12-7-26-55(61)56-27-8-13-32-62(56)73)52-41-43-54(44-42-52)75(68-38-19-39-70-72(68)60-47-51(40-45-69(60)76-70)49-22-5-2-6-23-49)67-37-18-36-66-71(67)59-30-11-16-35-65(59)74(66)63-33-14-9-28-57(63)58-29-10-15-34-64(58)74/h1-47H. The zero-order chi connectivity index (χ0) is 50.0. The summed E-state index contributed by atoms with van der Waals surface area (Å²) in [7, 11) is 0. The third kappa shape index (κ3) is 5.81. The smallest absolute Gasteiger partial charge is 0.137 e. The molecule has 0 N–H and O–H groups in total. The Morgan fingerprint density at radius 1 is 0.276 bits per heavy atom. The summed E-state index contributed by atoms with van der Waals surface area (Å²) in [5, 5.41) is 2.15. The molecule has 0 radical (unpaired) electrons. The highest BCUT2D eigenvalue weighted by Gasteiger charge is 2.52. The number of furan rings is 1. The van der Waals surface area contributed by atoms with Crippen LogP contribution in [0.25, 0.3) is 77.6 Å². The van der Waals surface area contributed by atoms with E-state index in [1.807, 2.05) is 0 Å². The van der Waals surface area contributed by atoms with Crippen LogP contribution in [0.2, 0.25) is 0 Å². The quantitative estimate of drug-likeness (QED) is 0.158. The van der Waals surface area contributed by atoms with Crippen molar-refractivity contribution in [2.24, 2.45) is 0 Å². The topological polar surface area (TPSA) is 16.4 Å². The van der Waals surface area contributed by atoms with Gasteiger partial charge in [0.15, 0.2) is 0 Å². The van der Waals surface area contributed by atoms with Crippen molar-refractivity contribution >= 4 is 39.0 Å². The normalized spacial score (nSPS) is 13.7. The van der Waals surface area contributed by atoms with E-state index >= 15 is 0 Å². The highest BCUT2D eigenvalue weighted by atomic mass is 16.3. The molecule has 1 heterocycles. The first-order valence-corrected chi connectivity index (χ1v) is 26.4. The molecule has 76 heavy (non-hydrogen) atoms. The Morgan fingerprint density at radius 2 is 0.737 bits per heavy atom. The van der Waals surface area contributed by atoms with Crippen molar-refractivity contribution in [3.63, 3.8) is 0 Å². The molecule has 2 heteroatoms. The molecule has 0 atom stereocenters. The lowest BCUT2D eigenvalue weighted by Gasteiger charge is -2.35. The fourth-order valence-electron chi connectivity index (χ4n) is 14.0. The predicted molar refractivity (Wildman–Crippen MR) is 313 cm³/mol. The Labute approximate surface area is 442 Å². The van der Waals surface area contributed by atoms with E-state index < -0.39 is 10.8 Å². The van der Waals surface area contributed by atoms with E-state index in [2.05, 4.69) is 290 Å². The second-order valence-corrected chi connectivity index (χ2v) is 20.6. The molecule has 3 aliphatic carbocycles. The summed E-state index contributed by atoms with van der Waals surface area (Å²) in [6, 6.07) is 106. The molecule has 1 aromatic heterocycles. The molecule has 12 aromatic carbocycles. The third-order valence-electron chi connectivity index (χ3n) is 17.0. The Balaban J connectivity index is 0.971. The van der Waals surface area contributed by atoms with Crippen LogP contribution >= 0.6 is 0 Å². The van der Waals surface area contributed by atoms with Gasteiger partial charge in [-0.15, -0.1) is 0 Å². The lowest BCUT2D eigenvalue weighted by molar-refractivity contribution is 0.669. The summed E-state index contributed by atoms with van der Waals surface area (Å²) in [6.07, 6.45) is 0. The Morgan fingerprint density at radius 3 is 1.34 bits per heavy atom. The average molecular weight is 966 g/mol. The van der Waals surface area contributed by atoms with Crippen LogP contribution in [0.5, 0.6) is 0 Å². The molecule has 16 rings (SSSR count). The van der Waals surface area contributed by atoms with Gasteiger partial charge in [0.25, 0.3) is 0 Å².